The standard InChI is InChI=1S/2C8H15N.C3H8.C2H6/c1-6-5-8(3,4)9-7(6)2;1-6-5-7(2)9-8(6,3)4;1-3-2;1-2/h2*6H,5H2,1-4H3;3H2,1-2H3;1-2H3. The van der Waals surface area contributed by atoms with Crippen molar-refractivity contribution < 1.29 is 0 Å². The molecule has 0 bridgehead atoms. The van der Waals surface area contributed by atoms with E-state index in [-0.39, 0.29) is 11.1 Å². The molecule has 2 atom stereocenters. The van der Waals surface area contributed by atoms with Crippen LogP contribution in [0.5, 0.6) is 0 Å². The molecule has 0 aromatic rings. The molecule has 0 fully saturated rings. The van der Waals surface area contributed by atoms with Crippen LogP contribution in [-0.4, -0.2) is 22.5 Å². The summed E-state index contributed by atoms with van der Waals surface area (Å²) in [5, 5.41) is 0. The van der Waals surface area contributed by atoms with Gasteiger partial charge in [0.2, 0.25) is 0 Å². The van der Waals surface area contributed by atoms with E-state index in [1.807, 2.05) is 13.8 Å². The van der Waals surface area contributed by atoms with E-state index in [1.54, 1.807) is 0 Å². The van der Waals surface area contributed by atoms with Crippen molar-refractivity contribution in [3.05, 3.63) is 0 Å². The van der Waals surface area contributed by atoms with Crippen LogP contribution in [0, 0.1) is 11.8 Å². The fourth-order valence-electron chi connectivity index (χ4n) is 2.87. The summed E-state index contributed by atoms with van der Waals surface area (Å²) in [7, 11) is 0. The molecular formula is C21H44N2. The third-order valence-corrected chi connectivity index (χ3v) is 4.28. The van der Waals surface area contributed by atoms with Crippen molar-refractivity contribution in [3.8, 4) is 0 Å². The Bertz CT molecular complexity index is 375. The molecule has 0 amide bonds. The molecule has 2 unspecified atom stereocenters. The van der Waals surface area contributed by atoms with Crippen LogP contribution in [0.15, 0.2) is 9.98 Å². The molecule has 0 aromatic heterocycles. The molecule has 23 heavy (non-hydrogen) atoms. The van der Waals surface area contributed by atoms with Gasteiger partial charge in [-0.25, -0.2) is 0 Å². The number of nitrogens with zero attached hydrogens (tertiary/aromatic N) is 2. The van der Waals surface area contributed by atoms with E-state index in [9.17, 15) is 0 Å². The molecular weight excluding hydrogens is 280 g/mol. The van der Waals surface area contributed by atoms with E-state index >= 15 is 0 Å². The van der Waals surface area contributed by atoms with Gasteiger partial charge in [0.15, 0.2) is 0 Å². The van der Waals surface area contributed by atoms with Gasteiger partial charge in [0, 0.05) is 11.4 Å². The van der Waals surface area contributed by atoms with Gasteiger partial charge in [-0.2, -0.15) is 0 Å². The average Bonchev–Trinajstić information content (AvgIpc) is 2.77. The summed E-state index contributed by atoms with van der Waals surface area (Å²) in [5.41, 5.74) is 3.07. The van der Waals surface area contributed by atoms with Crippen LogP contribution in [0.4, 0.5) is 0 Å². The zero-order chi connectivity index (χ0) is 18.8. The highest BCUT2D eigenvalue weighted by Gasteiger charge is 2.30. The third kappa shape index (κ3) is 9.94. The van der Waals surface area contributed by atoms with E-state index in [1.165, 1.54) is 30.7 Å². The lowest BCUT2D eigenvalue weighted by Gasteiger charge is -2.19. The van der Waals surface area contributed by atoms with Gasteiger partial charge in [0.25, 0.3) is 0 Å². The minimum absolute atomic E-state index is 0.212. The maximum Gasteiger partial charge on any atom is 0.0580 e. The van der Waals surface area contributed by atoms with Crippen LogP contribution in [0.3, 0.4) is 0 Å². The van der Waals surface area contributed by atoms with Gasteiger partial charge in [0.1, 0.15) is 0 Å². The average molecular weight is 325 g/mol. The van der Waals surface area contributed by atoms with Crippen LogP contribution >= 0.6 is 0 Å². The molecule has 0 radical (unpaired) electrons. The van der Waals surface area contributed by atoms with Crippen molar-refractivity contribution in [2.24, 2.45) is 21.8 Å². The second-order valence-electron chi connectivity index (χ2n) is 7.98. The maximum absolute atomic E-state index is 4.52. The molecule has 0 saturated carbocycles. The molecule has 2 rings (SSSR count). The highest BCUT2D eigenvalue weighted by atomic mass is 14.9. The second-order valence-corrected chi connectivity index (χ2v) is 7.98. The van der Waals surface area contributed by atoms with E-state index in [0.717, 1.165) is 5.92 Å². The zero-order valence-corrected chi connectivity index (χ0v) is 18.2. The van der Waals surface area contributed by atoms with Crippen molar-refractivity contribution in [2.75, 3.05) is 0 Å². The SMILES string of the molecule is CC.CC1=NC(C)(C)C(C)C1.CC1=NC(C)(C)CC1C.CCC. The summed E-state index contributed by atoms with van der Waals surface area (Å²) in [6.45, 7) is 25.8. The van der Waals surface area contributed by atoms with Gasteiger partial charge < -0.3 is 0 Å². The number of hydrogen-bond acceptors (Lipinski definition) is 2. The molecule has 138 valence electrons. The Morgan fingerprint density at radius 3 is 1.48 bits per heavy atom. The molecule has 0 N–H and O–H groups in total. The predicted molar refractivity (Wildman–Crippen MR) is 109 cm³/mol. The molecule has 0 aromatic carbocycles. The Balaban J connectivity index is 0. The lowest BCUT2D eigenvalue weighted by molar-refractivity contribution is 0.388. The summed E-state index contributed by atoms with van der Waals surface area (Å²) < 4.78 is 0. The van der Waals surface area contributed by atoms with Crippen molar-refractivity contribution >= 4 is 11.4 Å². The molecule has 0 spiro atoms. The van der Waals surface area contributed by atoms with Gasteiger partial charge in [-0.05, 0) is 66.2 Å². The van der Waals surface area contributed by atoms with Crippen molar-refractivity contribution in [2.45, 2.75) is 113 Å². The number of hydrogen-bond donors (Lipinski definition) is 0. The quantitative estimate of drug-likeness (QED) is 0.459. The topological polar surface area (TPSA) is 24.7 Å². The van der Waals surface area contributed by atoms with Gasteiger partial charge in [-0.15, -0.1) is 0 Å². The zero-order valence-electron chi connectivity index (χ0n) is 18.2. The smallest absolute Gasteiger partial charge is 0.0580 e. The fourth-order valence-corrected chi connectivity index (χ4v) is 2.87. The second kappa shape index (κ2) is 11.0. The highest BCUT2D eigenvalue weighted by molar-refractivity contribution is 5.86. The first-order valence-corrected chi connectivity index (χ1v) is 9.56. The Labute approximate surface area is 147 Å². The first-order chi connectivity index (χ1) is 10.4. The Hall–Kier alpha value is -0.660. The minimum atomic E-state index is 0.212. The fraction of sp³-hybridized carbons (Fsp3) is 0.905. The van der Waals surface area contributed by atoms with E-state index in [0.29, 0.717) is 5.92 Å². The van der Waals surface area contributed by atoms with Crippen molar-refractivity contribution in [1.29, 1.82) is 0 Å². The molecule has 2 heteroatoms. The minimum Gasteiger partial charge on any atom is -0.288 e. The van der Waals surface area contributed by atoms with Gasteiger partial charge in [-0.3, -0.25) is 9.98 Å². The predicted octanol–water partition coefficient (Wildman–Crippen LogP) is 6.97. The normalized spacial score (nSPS) is 26.4. The number of aliphatic imine (C=N–C) groups is 2. The molecule has 2 heterocycles. The molecule has 0 aliphatic carbocycles. The largest absolute Gasteiger partial charge is 0.288 e. The van der Waals surface area contributed by atoms with Gasteiger partial charge in [0.05, 0.1) is 11.1 Å². The Morgan fingerprint density at radius 2 is 1.39 bits per heavy atom. The highest BCUT2D eigenvalue weighted by Crippen LogP contribution is 2.30. The molecule has 2 aliphatic heterocycles. The monoisotopic (exact) mass is 324 g/mol. The van der Waals surface area contributed by atoms with E-state index in [4.69, 9.17) is 0 Å². The molecule has 2 nitrogen and oxygen atoms in total. The van der Waals surface area contributed by atoms with Crippen LogP contribution < -0.4 is 0 Å². The van der Waals surface area contributed by atoms with Crippen LogP contribution in [0.2, 0.25) is 0 Å². The van der Waals surface area contributed by atoms with Crippen LogP contribution in [0.25, 0.3) is 0 Å². The lowest BCUT2D eigenvalue weighted by atomic mass is 9.90. The first-order valence-electron chi connectivity index (χ1n) is 9.56. The summed E-state index contributed by atoms with van der Waals surface area (Å²) in [6.07, 6.45) is 3.66. The molecule has 2 aliphatic rings. The van der Waals surface area contributed by atoms with E-state index < -0.39 is 0 Å². The Morgan fingerprint density at radius 1 is 0.957 bits per heavy atom. The summed E-state index contributed by atoms with van der Waals surface area (Å²) >= 11 is 0. The lowest BCUT2D eigenvalue weighted by Crippen LogP contribution is -2.21. The Kier molecular flexibility index (Phi) is 11.8. The summed E-state index contributed by atoms with van der Waals surface area (Å²) in [4.78, 5) is 9.04. The molecule has 0 saturated heterocycles. The first kappa shape index (κ1) is 24.6. The maximum atomic E-state index is 4.52. The van der Waals surface area contributed by atoms with Gasteiger partial charge >= 0.3 is 0 Å². The van der Waals surface area contributed by atoms with Crippen LogP contribution in [-0.2, 0) is 0 Å². The third-order valence-electron chi connectivity index (χ3n) is 4.28. The van der Waals surface area contributed by atoms with Crippen molar-refractivity contribution in [1.82, 2.24) is 0 Å². The van der Waals surface area contributed by atoms with E-state index in [2.05, 4.69) is 79.2 Å². The van der Waals surface area contributed by atoms with Crippen molar-refractivity contribution in [3.63, 3.8) is 0 Å². The van der Waals surface area contributed by atoms with Crippen LogP contribution in [0.1, 0.15) is 102 Å². The van der Waals surface area contributed by atoms with Gasteiger partial charge in [-0.1, -0.05) is 48.0 Å². The summed E-state index contributed by atoms with van der Waals surface area (Å²) in [6, 6.07) is 0. The summed E-state index contributed by atoms with van der Waals surface area (Å²) in [5.74, 6) is 1.44. The number of rotatable bonds is 0.